The van der Waals surface area contributed by atoms with Gasteiger partial charge in [-0.1, -0.05) is 39.5 Å². The zero-order chi connectivity index (χ0) is 17.4. The molecule has 0 saturated heterocycles. The fraction of sp³-hybridized carbons (Fsp3) is 0.529. The van der Waals surface area contributed by atoms with E-state index in [-0.39, 0.29) is 11.8 Å². The van der Waals surface area contributed by atoms with E-state index in [1.54, 1.807) is 24.3 Å². The molecular formula is C17H25N5O2. The molecule has 1 atom stereocenters. The lowest BCUT2D eigenvalue weighted by molar-refractivity contribution is -0.120. The first-order chi connectivity index (χ1) is 11.7. The van der Waals surface area contributed by atoms with E-state index >= 15 is 0 Å². The molecule has 1 amide bonds. The molecule has 2 aromatic rings. The van der Waals surface area contributed by atoms with Gasteiger partial charge in [0.15, 0.2) is 0 Å². The van der Waals surface area contributed by atoms with Crippen LogP contribution in [0.4, 0.5) is 5.69 Å². The smallest absolute Gasteiger partial charge is 0.326 e. The molecule has 0 saturated carbocycles. The Bertz CT molecular complexity index is 690. The quantitative estimate of drug-likeness (QED) is 0.691. The summed E-state index contributed by atoms with van der Waals surface area (Å²) < 4.78 is 1.16. The summed E-state index contributed by atoms with van der Waals surface area (Å²) in [5, 5.41) is 12.3. The number of aromatic amines is 1. The number of nitrogens with one attached hydrogen (secondary N) is 2. The maximum atomic E-state index is 12.4. The summed E-state index contributed by atoms with van der Waals surface area (Å²) in [5.74, 6) is 0.0973. The number of unbranched alkanes of at least 4 members (excludes halogenated alkanes) is 3. The molecule has 1 unspecified atom stereocenters. The topological polar surface area (TPSA) is 92.7 Å². The summed E-state index contributed by atoms with van der Waals surface area (Å²) >= 11 is 0. The van der Waals surface area contributed by atoms with E-state index in [1.807, 2.05) is 6.92 Å². The molecule has 0 radical (unpaired) electrons. The molecule has 0 aliphatic heterocycles. The molecule has 2 rings (SSSR count). The maximum absolute atomic E-state index is 12.4. The highest BCUT2D eigenvalue weighted by atomic mass is 16.2. The van der Waals surface area contributed by atoms with Gasteiger partial charge in [0.25, 0.3) is 0 Å². The van der Waals surface area contributed by atoms with E-state index in [1.165, 1.54) is 19.3 Å². The van der Waals surface area contributed by atoms with Crippen molar-refractivity contribution in [3.05, 3.63) is 34.7 Å². The van der Waals surface area contributed by atoms with Crippen LogP contribution in [0.1, 0.15) is 52.4 Å². The van der Waals surface area contributed by atoms with Crippen LogP contribution in [0.15, 0.2) is 29.1 Å². The molecule has 7 nitrogen and oxygen atoms in total. The van der Waals surface area contributed by atoms with Gasteiger partial charge in [-0.25, -0.2) is 9.89 Å². The van der Waals surface area contributed by atoms with Crippen molar-refractivity contribution < 1.29 is 4.79 Å². The number of carbonyl (C=O) groups excluding carboxylic acids is 1. The zero-order valence-corrected chi connectivity index (χ0v) is 14.3. The van der Waals surface area contributed by atoms with Crippen LogP contribution < -0.4 is 11.0 Å². The summed E-state index contributed by atoms with van der Waals surface area (Å²) in [6.07, 6.45) is 6.46. The highest BCUT2D eigenvalue weighted by Crippen LogP contribution is 2.18. The first kappa shape index (κ1) is 17.9. The van der Waals surface area contributed by atoms with Gasteiger partial charge in [0.2, 0.25) is 5.91 Å². The van der Waals surface area contributed by atoms with Crippen molar-refractivity contribution >= 4 is 11.6 Å². The van der Waals surface area contributed by atoms with Crippen LogP contribution in [0.2, 0.25) is 0 Å². The highest BCUT2D eigenvalue weighted by Gasteiger charge is 2.16. The summed E-state index contributed by atoms with van der Waals surface area (Å²) in [6.45, 7) is 4.23. The molecule has 1 heterocycles. The van der Waals surface area contributed by atoms with Crippen molar-refractivity contribution in [1.29, 1.82) is 0 Å². The lowest BCUT2D eigenvalue weighted by Crippen LogP contribution is -2.22. The monoisotopic (exact) mass is 331 g/mol. The molecule has 2 N–H and O–H groups in total. The van der Waals surface area contributed by atoms with E-state index in [0.29, 0.717) is 11.4 Å². The van der Waals surface area contributed by atoms with Crippen molar-refractivity contribution in [2.75, 3.05) is 5.32 Å². The number of carbonyl (C=O) groups is 1. The van der Waals surface area contributed by atoms with Crippen molar-refractivity contribution in [1.82, 2.24) is 20.2 Å². The van der Waals surface area contributed by atoms with Crippen molar-refractivity contribution in [2.45, 2.75) is 52.4 Å². The molecule has 24 heavy (non-hydrogen) atoms. The number of rotatable bonds is 9. The van der Waals surface area contributed by atoms with Crippen LogP contribution in [0, 0.1) is 5.92 Å². The lowest BCUT2D eigenvalue weighted by atomic mass is 9.97. The number of tetrazole rings is 1. The Hall–Kier alpha value is -2.44. The number of hydrogen-bond donors (Lipinski definition) is 2. The number of anilines is 1. The Morgan fingerprint density at radius 1 is 1.21 bits per heavy atom. The zero-order valence-electron chi connectivity index (χ0n) is 14.3. The predicted molar refractivity (Wildman–Crippen MR) is 93.1 cm³/mol. The van der Waals surface area contributed by atoms with Crippen LogP contribution >= 0.6 is 0 Å². The average Bonchev–Trinajstić information content (AvgIpc) is 3.01. The van der Waals surface area contributed by atoms with Gasteiger partial charge in [-0.15, -0.1) is 0 Å². The second kappa shape index (κ2) is 9.00. The van der Waals surface area contributed by atoms with Gasteiger partial charge in [-0.3, -0.25) is 4.79 Å². The van der Waals surface area contributed by atoms with E-state index in [9.17, 15) is 9.59 Å². The Labute approximate surface area is 141 Å². The van der Waals surface area contributed by atoms with Crippen LogP contribution in [0.25, 0.3) is 5.69 Å². The van der Waals surface area contributed by atoms with Gasteiger partial charge >= 0.3 is 5.69 Å². The SMILES string of the molecule is CCCCCCC(CC)C(=O)Nc1ccc(-n2nn[nH]c2=O)cc1. The van der Waals surface area contributed by atoms with Crippen molar-refractivity contribution in [2.24, 2.45) is 5.92 Å². The Morgan fingerprint density at radius 3 is 2.54 bits per heavy atom. The minimum atomic E-state index is -0.398. The average molecular weight is 331 g/mol. The van der Waals surface area contributed by atoms with Crippen LogP contribution in [-0.2, 0) is 4.79 Å². The largest absolute Gasteiger partial charge is 0.365 e. The van der Waals surface area contributed by atoms with Crippen molar-refractivity contribution in [3.63, 3.8) is 0 Å². The van der Waals surface area contributed by atoms with E-state index in [0.717, 1.165) is 23.9 Å². The fourth-order valence-corrected chi connectivity index (χ4v) is 2.64. The lowest BCUT2D eigenvalue weighted by Gasteiger charge is -2.15. The van der Waals surface area contributed by atoms with E-state index in [4.69, 9.17) is 0 Å². The van der Waals surface area contributed by atoms with Crippen LogP contribution in [0.3, 0.4) is 0 Å². The fourth-order valence-electron chi connectivity index (χ4n) is 2.64. The second-order valence-corrected chi connectivity index (χ2v) is 5.91. The number of aromatic nitrogens is 4. The minimum Gasteiger partial charge on any atom is -0.326 e. The first-order valence-corrected chi connectivity index (χ1v) is 8.57. The minimum absolute atomic E-state index is 0.0414. The van der Waals surface area contributed by atoms with Crippen LogP contribution in [0.5, 0.6) is 0 Å². The molecular weight excluding hydrogens is 306 g/mol. The normalized spacial score (nSPS) is 12.1. The molecule has 1 aromatic heterocycles. The van der Waals surface area contributed by atoms with Gasteiger partial charge in [-0.2, -0.15) is 4.68 Å². The van der Waals surface area contributed by atoms with Gasteiger partial charge in [-0.05, 0) is 47.5 Å². The van der Waals surface area contributed by atoms with E-state index < -0.39 is 5.69 Å². The molecule has 0 aliphatic carbocycles. The summed E-state index contributed by atoms with van der Waals surface area (Å²) in [6, 6.07) is 6.97. The molecule has 130 valence electrons. The first-order valence-electron chi connectivity index (χ1n) is 8.57. The number of hydrogen-bond acceptors (Lipinski definition) is 4. The van der Waals surface area contributed by atoms with E-state index in [2.05, 4.69) is 27.8 Å². The molecule has 1 aromatic carbocycles. The standard InChI is InChI=1S/C17H25N5O2/c1-3-5-6-7-8-13(4-2)16(23)18-14-9-11-15(12-10-14)22-17(24)19-20-21-22/h9-13H,3-8H2,1-2H3,(H,18,23)(H,19,21,24). The maximum Gasteiger partial charge on any atom is 0.365 e. The molecule has 7 heteroatoms. The number of H-pyrrole nitrogens is 1. The molecule has 0 fully saturated rings. The Kier molecular flexibility index (Phi) is 6.72. The summed E-state index contributed by atoms with van der Waals surface area (Å²) in [5.41, 5.74) is 0.913. The highest BCUT2D eigenvalue weighted by molar-refractivity contribution is 5.92. The number of nitrogens with zero attached hydrogens (tertiary/aromatic N) is 3. The second-order valence-electron chi connectivity index (χ2n) is 5.91. The van der Waals surface area contributed by atoms with Crippen LogP contribution in [-0.4, -0.2) is 26.1 Å². The Balaban J connectivity index is 1.93. The van der Waals surface area contributed by atoms with Gasteiger partial charge in [0, 0.05) is 11.6 Å². The third-order valence-corrected chi connectivity index (χ3v) is 4.12. The summed E-state index contributed by atoms with van der Waals surface area (Å²) in [4.78, 5) is 23.9. The predicted octanol–water partition coefficient (Wildman–Crippen LogP) is 2.89. The third-order valence-electron chi connectivity index (χ3n) is 4.12. The number of amides is 1. The Morgan fingerprint density at radius 2 is 1.96 bits per heavy atom. The molecule has 0 bridgehead atoms. The van der Waals surface area contributed by atoms with Gasteiger partial charge in [0.1, 0.15) is 0 Å². The third kappa shape index (κ3) is 4.78. The number of benzene rings is 1. The van der Waals surface area contributed by atoms with Crippen molar-refractivity contribution in [3.8, 4) is 5.69 Å². The molecule has 0 spiro atoms. The van der Waals surface area contributed by atoms with Gasteiger partial charge < -0.3 is 5.32 Å². The van der Waals surface area contributed by atoms with Gasteiger partial charge in [0.05, 0.1) is 5.69 Å². The molecule has 0 aliphatic rings. The summed E-state index contributed by atoms with van der Waals surface area (Å²) in [7, 11) is 0.